The average molecular weight is 508 g/mol. The Hall–Kier alpha value is -3.29. The number of anilines is 1. The number of nitrogens with two attached hydrogens (primary N) is 1. The molecule has 3 aromatic carbocycles. The van der Waals surface area contributed by atoms with Gasteiger partial charge < -0.3 is 21.5 Å². The van der Waals surface area contributed by atoms with Gasteiger partial charge in [-0.25, -0.2) is 8.78 Å². The van der Waals surface area contributed by atoms with Gasteiger partial charge in [0, 0.05) is 31.3 Å². The third-order valence-electron chi connectivity index (χ3n) is 7.05. The highest BCUT2D eigenvalue weighted by Crippen LogP contribution is 2.38. The van der Waals surface area contributed by atoms with E-state index in [0.29, 0.717) is 5.56 Å². The number of carbonyl (C=O) groups excluding carboxylic acids is 1. The van der Waals surface area contributed by atoms with Crippen LogP contribution in [0.2, 0.25) is 0 Å². The van der Waals surface area contributed by atoms with Crippen LogP contribution in [0.5, 0.6) is 0 Å². The Morgan fingerprint density at radius 1 is 1.11 bits per heavy atom. The number of nitrogen functional groups attached to an aromatic ring is 1. The van der Waals surface area contributed by atoms with E-state index in [-0.39, 0.29) is 24.9 Å². The topological polar surface area (TPSA) is 87.4 Å². The van der Waals surface area contributed by atoms with Crippen LogP contribution in [-0.4, -0.2) is 29.7 Å². The lowest BCUT2D eigenvalue weighted by Gasteiger charge is -2.31. The second-order valence-electron chi connectivity index (χ2n) is 9.90. The highest BCUT2D eigenvalue weighted by Gasteiger charge is 2.27. The van der Waals surface area contributed by atoms with E-state index < -0.39 is 23.8 Å². The maximum atomic E-state index is 13.7. The van der Waals surface area contributed by atoms with Gasteiger partial charge in [-0.15, -0.1) is 0 Å². The lowest BCUT2D eigenvalue weighted by molar-refractivity contribution is -0.120. The van der Waals surface area contributed by atoms with Gasteiger partial charge in [0.1, 0.15) is 11.6 Å². The molecule has 0 unspecified atom stereocenters. The number of aliphatic hydroxyl groups is 1. The first-order valence-electron chi connectivity index (χ1n) is 12.9. The average Bonchev–Trinajstić information content (AvgIpc) is 2.85. The van der Waals surface area contributed by atoms with Crippen LogP contribution >= 0.6 is 0 Å². The fraction of sp³-hybridized carbons (Fsp3) is 0.367. The molecule has 0 saturated heterocycles. The summed E-state index contributed by atoms with van der Waals surface area (Å²) in [5.74, 6) is -1.69. The number of benzene rings is 3. The normalized spacial score (nSPS) is 16.6. The van der Waals surface area contributed by atoms with E-state index >= 15 is 0 Å². The maximum Gasteiger partial charge on any atom is 0.217 e. The van der Waals surface area contributed by atoms with E-state index in [4.69, 9.17) is 5.73 Å². The van der Waals surface area contributed by atoms with E-state index in [9.17, 15) is 18.7 Å². The van der Waals surface area contributed by atoms with Gasteiger partial charge in [0.15, 0.2) is 0 Å². The molecule has 0 bridgehead atoms. The van der Waals surface area contributed by atoms with E-state index in [1.807, 2.05) is 18.2 Å². The van der Waals surface area contributed by atoms with Crippen LogP contribution in [0.1, 0.15) is 55.0 Å². The zero-order chi connectivity index (χ0) is 26.5. The number of hydrogen-bond acceptors (Lipinski definition) is 4. The van der Waals surface area contributed by atoms with E-state index in [2.05, 4.69) is 35.8 Å². The van der Waals surface area contributed by atoms with Gasteiger partial charge in [-0.05, 0) is 89.8 Å². The SMILES string of the molecule is CCc1cc(-c2cccc(N)c2)c2c(c1)[C@H](NC[C@H](O)[C@H](Cc1cc(F)cc(F)c1)NC(C)=O)CCC2. The van der Waals surface area contributed by atoms with Gasteiger partial charge in [-0.1, -0.05) is 31.2 Å². The van der Waals surface area contributed by atoms with Crippen molar-refractivity contribution in [3.63, 3.8) is 0 Å². The molecule has 0 fully saturated rings. The fourth-order valence-electron chi connectivity index (χ4n) is 5.30. The lowest BCUT2D eigenvalue weighted by atomic mass is 9.81. The van der Waals surface area contributed by atoms with Crippen molar-refractivity contribution in [1.29, 1.82) is 0 Å². The lowest BCUT2D eigenvalue weighted by Crippen LogP contribution is -2.48. The van der Waals surface area contributed by atoms with Crippen LogP contribution in [0, 0.1) is 11.6 Å². The summed E-state index contributed by atoms with van der Waals surface area (Å²) >= 11 is 0. The van der Waals surface area contributed by atoms with Crippen LogP contribution < -0.4 is 16.4 Å². The maximum absolute atomic E-state index is 13.7. The second-order valence-corrected chi connectivity index (χ2v) is 9.90. The molecule has 7 heteroatoms. The van der Waals surface area contributed by atoms with Gasteiger partial charge in [-0.3, -0.25) is 4.79 Å². The molecule has 4 rings (SSSR count). The fourth-order valence-corrected chi connectivity index (χ4v) is 5.30. The van der Waals surface area contributed by atoms with Crippen molar-refractivity contribution < 1.29 is 18.7 Å². The number of fused-ring (bicyclic) bond motifs is 1. The quantitative estimate of drug-likeness (QED) is 0.312. The molecule has 3 atom stereocenters. The minimum absolute atomic E-state index is 0.0364. The number of amides is 1. The van der Waals surface area contributed by atoms with Gasteiger partial charge >= 0.3 is 0 Å². The first-order chi connectivity index (χ1) is 17.7. The van der Waals surface area contributed by atoms with Gasteiger partial charge in [0.05, 0.1) is 12.1 Å². The van der Waals surface area contributed by atoms with Crippen LogP contribution in [0.3, 0.4) is 0 Å². The predicted molar refractivity (Wildman–Crippen MR) is 143 cm³/mol. The van der Waals surface area contributed by atoms with Crippen molar-refractivity contribution in [1.82, 2.24) is 10.6 Å². The molecule has 1 aliphatic rings. The predicted octanol–water partition coefficient (Wildman–Crippen LogP) is 4.85. The van der Waals surface area contributed by atoms with Crippen LogP contribution in [-0.2, 0) is 24.1 Å². The first-order valence-corrected chi connectivity index (χ1v) is 12.9. The molecular weight excluding hydrogens is 472 g/mol. The minimum Gasteiger partial charge on any atom is -0.399 e. The van der Waals surface area contributed by atoms with Crippen molar-refractivity contribution in [2.24, 2.45) is 0 Å². The summed E-state index contributed by atoms with van der Waals surface area (Å²) in [7, 11) is 0. The Balaban J connectivity index is 1.55. The molecule has 1 aliphatic carbocycles. The summed E-state index contributed by atoms with van der Waals surface area (Å²) < 4.78 is 27.4. The van der Waals surface area contributed by atoms with Crippen molar-refractivity contribution in [3.8, 4) is 11.1 Å². The summed E-state index contributed by atoms with van der Waals surface area (Å²) in [5.41, 5.74) is 13.2. The van der Waals surface area contributed by atoms with Gasteiger partial charge in [-0.2, -0.15) is 0 Å². The number of nitrogens with one attached hydrogen (secondary N) is 2. The molecule has 1 amide bonds. The first kappa shape index (κ1) is 26.8. The van der Waals surface area contributed by atoms with Crippen LogP contribution in [0.15, 0.2) is 54.6 Å². The van der Waals surface area contributed by atoms with Gasteiger partial charge in [0.25, 0.3) is 0 Å². The zero-order valence-corrected chi connectivity index (χ0v) is 21.4. The largest absolute Gasteiger partial charge is 0.399 e. The number of hydrogen-bond donors (Lipinski definition) is 4. The highest BCUT2D eigenvalue weighted by atomic mass is 19.1. The van der Waals surface area contributed by atoms with E-state index in [1.54, 1.807) is 0 Å². The van der Waals surface area contributed by atoms with Crippen LogP contribution in [0.25, 0.3) is 11.1 Å². The summed E-state index contributed by atoms with van der Waals surface area (Å²) in [5, 5.41) is 17.3. The minimum atomic E-state index is -0.955. The molecule has 0 heterocycles. The Labute approximate surface area is 217 Å². The molecule has 0 saturated carbocycles. The molecule has 5 nitrogen and oxygen atoms in total. The summed E-state index contributed by atoms with van der Waals surface area (Å²) in [6.07, 6.45) is 2.93. The van der Waals surface area contributed by atoms with Crippen molar-refractivity contribution >= 4 is 11.6 Å². The standard InChI is InChI=1S/C30H35F2N3O2/c1-3-19-12-26(21-6-4-7-24(33)15-21)25-8-5-9-28(27(25)13-19)34-17-30(37)29(35-18(2)36)14-20-10-22(31)16-23(32)11-20/h4,6-7,10-13,15-16,28-30,34,37H,3,5,8-9,14,17,33H2,1-2H3,(H,35,36)/t28-,29+,30+/m1/s1. The molecular formula is C30H35F2N3O2. The molecule has 5 N–H and O–H groups in total. The molecule has 0 aliphatic heterocycles. The van der Waals surface area contributed by atoms with Crippen LogP contribution in [0.4, 0.5) is 14.5 Å². The molecule has 0 spiro atoms. The van der Waals surface area contributed by atoms with Crippen molar-refractivity contribution in [2.45, 2.75) is 64.1 Å². The Kier molecular flexibility index (Phi) is 8.56. The summed E-state index contributed by atoms with van der Waals surface area (Å²) in [6.45, 7) is 3.71. The molecule has 3 aromatic rings. The number of carbonyl (C=O) groups is 1. The van der Waals surface area contributed by atoms with Crippen molar-refractivity contribution in [2.75, 3.05) is 12.3 Å². The van der Waals surface area contributed by atoms with E-state index in [0.717, 1.165) is 43.0 Å². The van der Waals surface area contributed by atoms with Gasteiger partial charge in [0.2, 0.25) is 5.91 Å². The smallest absolute Gasteiger partial charge is 0.217 e. The Morgan fingerprint density at radius 3 is 2.54 bits per heavy atom. The molecule has 196 valence electrons. The zero-order valence-electron chi connectivity index (χ0n) is 21.4. The highest BCUT2D eigenvalue weighted by molar-refractivity contribution is 5.74. The summed E-state index contributed by atoms with van der Waals surface area (Å²) in [4.78, 5) is 11.8. The van der Waals surface area contributed by atoms with Crippen molar-refractivity contribution in [3.05, 3.63) is 88.5 Å². The number of halogens is 2. The number of rotatable bonds is 9. The van der Waals surface area contributed by atoms with E-state index in [1.165, 1.54) is 41.3 Å². The molecule has 0 aromatic heterocycles. The number of aryl methyl sites for hydroxylation is 1. The second kappa shape index (κ2) is 11.8. The molecule has 0 radical (unpaired) electrons. The number of aliphatic hydroxyl groups excluding tert-OH is 1. The Bertz CT molecular complexity index is 1240. The summed E-state index contributed by atoms with van der Waals surface area (Å²) in [6, 6.07) is 15.0. The third kappa shape index (κ3) is 6.73. The third-order valence-corrected chi connectivity index (χ3v) is 7.05. The Morgan fingerprint density at radius 2 is 1.86 bits per heavy atom. The monoisotopic (exact) mass is 507 g/mol. The molecule has 37 heavy (non-hydrogen) atoms.